The van der Waals surface area contributed by atoms with Crippen molar-refractivity contribution in [2.75, 3.05) is 0 Å². The van der Waals surface area contributed by atoms with Crippen LogP contribution in [0.3, 0.4) is 0 Å². The molecule has 2 aromatic heterocycles. The smallest absolute Gasteiger partial charge is 0.199 e. The third kappa shape index (κ3) is 2.31. The molecule has 3 aromatic rings. The van der Waals surface area contributed by atoms with Crippen LogP contribution < -0.4 is 5.43 Å². The molecule has 0 amide bonds. The zero-order chi connectivity index (χ0) is 13.1. The van der Waals surface area contributed by atoms with E-state index in [0.29, 0.717) is 16.5 Å². The Morgan fingerprint density at radius 1 is 1.00 bits per heavy atom. The Morgan fingerprint density at radius 2 is 1.79 bits per heavy atom. The van der Waals surface area contributed by atoms with Crippen LogP contribution in [-0.4, -0.2) is 4.98 Å². The monoisotopic (exact) mass is 249 g/mol. The third-order valence-corrected chi connectivity index (χ3v) is 2.87. The first-order chi connectivity index (χ1) is 9.34. The largest absolute Gasteiger partial charge is 0.463 e. The van der Waals surface area contributed by atoms with Gasteiger partial charge in [0.05, 0.1) is 10.9 Å². The highest BCUT2D eigenvalue weighted by molar-refractivity contribution is 5.80. The second-order valence-electron chi connectivity index (χ2n) is 4.13. The molecular weight excluding hydrogens is 238 g/mol. The summed E-state index contributed by atoms with van der Waals surface area (Å²) in [4.78, 5) is 16.2. The van der Waals surface area contributed by atoms with Gasteiger partial charge in [0.1, 0.15) is 11.8 Å². The first-order valence-corrected chi connectivity index (χ1v) is 5.93. The highest BCUT2D eigenvalue weighted by atomic mass is 16.3. The zero-order valence-corrected chi connectivity index (χ0v) is 10.1. The topological polar surface area (TPSA) is 43.1 Å². The molecule has 92 valence electrons. The molecule has 0 saturated heterocycles. The van der Waals surface area contributed by atoms with Gasteiger partial charge in [0.15, 0.2) is 5.43 Å². The maximum atomic E-state index is 12.2. The molecule has 0 bridgehead atoms. The Labute approximate surface area is 109 Å². The number of hydrogen-bond acceptors (Lipinski definition) is 3. The fourth-order valence-corrected chi connectivity index (χ4v) is 1.87. The van der Waals surface area contributed by atoms with Gasteiger partial charge in [0.2, 0.25) is 0 Å². The van der Waals surface area contributed by atoms with Gasteiger partial charge in [-0.25, -0.2) is 0 Å². The Hall–Kier alpha value is -2.68. The molecule has 0 unspecified atom stereocenters. The maximum Gasteiger partial charge on any atom is 0.199 e. The summed E-state index contributed by atoms with van der Waals surface area (Å²) in [6, 6.07) is 11.0. The maximum absolute atomic E-state index is 12.2. The van der Waals surface area contributed by atoms with E-state index in [9.17, 15) is 4.79 Å². The second-order valence-corrected chi connectivity index (χ2v) is 4.13. The van der Waals surface area contributed by atoms with Crippen molar-refractivity contribution in [1.82, 2.24) is 4.98 Å². The van der Waals surface area contributed by atoms with Gasteiger partial charge in [-0.2, -0.15) is 0 Å². The van der Waals surface area contributed by atoms with Crippen molar-refractivity contribution >= 4 is 23.1 Å². The lowest BCUT2D eigenvalue weighted by atomic mass is 10.1. The zero-order valence-electron chi connectivity index (χ0n) is 10.1. The summed E-state index contributed by atoms with van der Waals surface area (Å²) in [5.41, 5.74) is 2.11. The highest BCUT2D eigenvalue weighted by Gasteiger charge is 2.03. The van der Waals surface area contributed by atoms with Crippen LogP contribution in [0.2, 0.25) is 0 Å². The highest BCUT2D eigenvalue weighted by Crippen LogP contribution is 2.12. The average molecular weight is 249 g/mol. The van der Waals surface area contributed by atoms with Crippen molar-refractivity contribution in [3.8, 4) is 0 Å². The molecule has 0 fully saturated rings. The Bertz CT molecular complexity index is 788. The molecule has 3 heteroatoms. The first kappa shape index (κ1) is 11.4. The van der Waals surface area contributed by atoms with Crippen LogP contribution in [0.15, 0.2) is 64.3 Å². The minimum absolute atomic E-state index is 0.0212. The van der Waals surface area contributed by atoms with Gasteiger partial charge in [-0.3, -0.25) is 9.78 Å². The van der Waals surface area contributed by atoms with Crippen molar-refractivity contribution in [2.45, 2.75) is 0 Å². The fraction of sp³-hybridized carbons (Fsp3) is 0. The van der Waals surface area contributed by atoms with Crippen LogP contribution in [-0.2, 0) is 0 Å². The van der Waals surface area contributed by atoms with Crippen molar-refractivity contribution in [2.24, 2.45) is 0 Å². The van der Waals surface area contributed by atoms with Gasteiger partial charge in [-0.15, -0.1) is 0 Å². The molecule has 19 heavy (non-hydrogen) atoms. The van der Waals surface area contributed by atoms with E-state index >= 15 is 0 Å². The molecule has 1 aromatic carbocycles. The minimum Gasteiger partial charge on any atom is -0.463 e. The van der Waals surface area contributed by atoms with E-state index in [2.05, 4.69) is 4.98 Å². The van der Waals surface area contributed by atoms with Crippen molar-refractivity contribution in [3.63, 3.8) is 0 Å². The van der Waals surface area contributed by atoms with Crippen molar-refractivity contribution in [1.29, 1.82) is 0 Å². The van der Waals surface area contributed by atoms with E-state index in [0.717, 1.165) is 5.56 Å². The van der Waals surface area contributed by atoms with E-state index in [4.69, 9.17) is 4.42 Å². The van der Waals surface area contributed by atoms with Crippen LogP contribution in [0, 0.1) is 0 Å². The lowest BCUT2D eigenvalue weighted by Crippen LogP contribution is -2.04. The molecule has 0 spiro atoms. The quantitative estimate of drug-likeness (QED) is 0.699. The number of rotatable bonds is 2. The van der Waals surface area contributed by atoms with Gasteiger partial charge >= 0.3 is 0 Å². The number of nitrogens with zero attached hydrogens (tertiary/aromatic N) is 1. The Balaban J connectivity index is 2.05. The Kier molecular flexibility index (Phi) is 2.94. The summed E-state index contributed by atoms with van der Waals surface area (Å²) in [6.45, 7) is 0. The number of aromatic nitrogens is 1. The normalized spacial score (nSPS) is 11.2. The summed E-state index contributed by atoms with van der Waals surface area (Å²) in [5, 5.41) is 0.597. The Morgan fingerprint density at radius 3 is 2.63 bits per heavy atom. The van der Waals surface area contributed by atoms with Crippen molar-refractivity contribution in [3.05, 3.63) is 76.4 Å². The number of pyridine rings is 1. The first-order valence-electron chi connectivity index (χ1n) is 5.93. The van der Waals surface area contributed by atoms with E-state index in [-0.39, 0.29) is 5.43 Å². The molecule has 0 aliphatic rings. The van der Waals surface area contributed by atoms with E-state index in [1.807, 2.05) is 30.3 Å². The van der Waals surface area contributed by atoms with E-state index < -0.39 is 0 Å². The van der Waals surface area contributed by atoms with Gasteiger partial charge in [0.25, 0.3) is 0 Å². The number of benzene rings is 1. The molecule has 0 atom stereocenters. The van der Waals surface area contributed by atoms with Crippen LogP contribution in [0.4, 0.5) is 0 Å². The molecule has 0 aliphatic carbocycles. The van der Waals surface area contributed by atoms with Crippen molar-refractivity contribution < 1.29 is 4.42 Å². The fourth-order valence-electron chi connectivity index (χ4n) is 1.87. The molecule has 3 nitrogen and oxygen atoms in total. The van der Waals surface area contributed by atoms with Crippen LogP contribution in [0.25, 0.3) is 23.1 Å². The second kappa shape index (κ2) is 4.90. The average Bonchev–Trinajstić information content (AvgIpc) is 2.48. The predicted molar refractivity (Wildman–Crippen MR) is 75.6 cm³/mol. The molecule has 0 N–H and O–H groups in total. The van der Waals surface area contributed by atoms with Gasteiger partial charge in [0, 0.05) is 12.4 Å². The SMILES string of the molecule is O=c1c(/C=C/c2ccncc2)coc2ccccc12. The van der Waals surface area contributed by atoms with Crippen LogP contribution in [0.5, 0.6) is 0 Å². The minimum atomic E-state index is -0.0212. The lowest BCUT2D eigenvalue weighted by molar-refractivity contribution is 0.601. The summed E-state index contributed by atoms with van der Waals surface area (Å²) >= 11 is 0. The molecule has 0 aliphatic heterocycles. The number of hydrogen-bond donors (Lipinski definition) is 0. The van der Waals surface area contributed by atoms with Crippen LogP contribution in [0.1, 0.15) is 11.1 Å². The molecular formula is C16H11NO2. The molecule has 3 rings (SSSR count). The third-order valence-electron chi connectivity index (χ3n) is 2.87. The summed E-state index contributed by atoms with van der Waals surface area (Å²) in [6.07, 6.45) is 8.53. The number of para-hydroxylation sites is 1. The van der Waals surface area contributed by atoms with E-state index in [1.54, 1.807) is 30.6 Å². The standard InChI is InChI=1S/C16H11NO2/c18-16-13(6-5-12-7-9-17-10-8-12)11-19-15-4-2-1-3-14(15)16/h1-11H/b6-5+. The predicted octanol–water partition coefficient (Wildman–Crippen LogP) is 3.36. The summed E-state index contributed by atoms with van der Waals surface area (Å²) in [7, 11) is 0. The summed E-state index contributed by atoms with van der Waals surface area (Å²) in [5.74, 6) is 0. The molecule has 2 heterocycles. The lowest BCUT2D eigenvalue weighted by Gasteiger charge is -1.97. The molecule has 0 saturated carbocycles. The number of fused-ring (bicyclic) bond motifs is 1. The summed E-state index contributed by atoms with van der Waals surface area (Å²) < 4.78 is 5.45. The van der Waals surface area contributed by atoms with Crippen LogP contribution >= 0.6 is 0 Å². The molecule has 0 radical (unpaired) electrons. The van der Waals surface area contributed by atoms with Gasteiger partial charge in [-0.1, -0.05) is 18.2 Å². The van der Waals surface area contributed by atoms with Gasteiger partial charge in [-0.05, 0) is 35.9 Å². The van der Waals surface area contributed by atoms with Gasteiger partial charge < -0.3 is 4.42 Å². The van der Waals surface area contributed by atoms with E-state index in [1.165, 1.54) is 6.26 Å².